The molecule has 1 aromatic heterocycles. The van der Waals surface area contributed by atoms with Crippen LogP contribution in [0.2, 0.25) is 0 Å². The molecule has 0 bridgehead atoms. The van der Waals surface area contributed by atoms with E-state index >= 15 is 0 Å². The van der Waals surface area contributed by atoms with Gasteiger partial charge in [0.15, 0.2) is 11.5 Å². The highest BCUT2D eigenvalue weighted by atomic mass is 32.2. The zero-order valence-corrected chi connectivity index (χ0v) is 15.7. The molecule has 3 rings (SSSR count). The summed E-state index contributed by atoms with van der Waals surface area (Å²) in [6, 6.07) is 17.3. The average Bonchev–Trinajstić information content (AvgIpc) is 2.69. The van der Waals surface area contributed by atoms with Crippen molar-refractivity contribution in [1.29, 1.82) is 0 Å². The monoisotopic (exact) mass is 385 g/mol. The van der Waals surface area contributed by atoms with E-state index in [4.69, 9.17) is 9.47 Å². The van der Waals surface area contributed by atoms with Crippen LogP contribution in [0.15, 0.2) is 71.8 Å². The van der Waals surface area contributed by atoms with E-state index in [9.17, 15) is 8.42 Å². The third-order valence-electron chi connectivity index (χ3n) is 3.73. The van der Waals surface area contributed by atoms with Gasteiger partial charge in [0.1, 0.15) is 5.82 Å². The predicted octanol–water partition coefficient (Wildman–Crippen LogP) is 3.64. The van der Waals surface area contributed by atoms with Gasteiger partial charge in [-0.15, -0.1) is 0 Å². The Balaban J connectivity index is 1.76. The van der Waals surface area contributed by atoms with Gasteiger partial charge in [-0.25, -0.2) is 13.4 Å². The lowest BCUT2D eigenvalue weighted by atomic mass is 10.3. The molecule has 27 heavy (non-hydrogen) atoms. The minimum absolute atomic E-state index is 0.0617. The Morgan fingerprint density at radius 2 is 1.59 bits per heavy atom. The van der Waals surface area contributed by atoms with Crippen molar-refractivity contribution in [2.24, 2.45) is 0 Å². The van der Waals surface area contributed by atoms with Crippen molar-refractivity contribution in [3.05, 3.63) is 66.9 Å². The van der Waals surface area contributed by atoms with Gasteiger partial charge in [-0.05, 0) is 36.4 Å². The molecule has 0 spiro atoms. The van der Waals surface area contributed by atoms with Crippen LogP contribution in [0.3, 0.4) is 0 Å². The Morgan fingerprint density at radius 3 is 2.22 bits per heavy atom. The first-order valence-electron chi connectivity index (χ1n) is 8.05. The third kappa shape index (κ3) is 4.48. The number of benzene rings is 2. The van der Waals surface area contributed by atoms with Crippen molar-refractivity contribution in [2.75, 3.05) is 24.3 Å². The molecule has 0 saturated carbocycles. The van der Waals surface area contributed by atoms with Crippen LogP contribution < -0.4 is 19.5 Å². The Hall–Kier alpha value is -3.26. The molecular weight excluding hydrogens is 366 g/mol. The first-order valence-corrected chi connectivity index (χ1v) is 9.53. The molecule has 2 N–H and O–H groups in total. The Labute approximate surface area is 158 Å². The summed E-state index contributed by atoms with van der Waals surface area (Å²) in [5.74, 6) is 1.39. The molecule has 0 aliphatic carbocycles. The largest absolute Gasteiger partial charge is 0.493 e. The van der Waals surface area contributed by atoms with Gasteiger partial charge in [-0.2, -0.15) is 0 Å². The van der Waals surface area contributed by atoms with Crippen molar-refractivity contribution in [1.82, 2.24) is 4.98 Å². The van der Waals surface area contributed by atoms with Crippen molar-refractivity contribution >= 4 is 27.2 Å². The van der Waals surface area contributed by atoms with Crippen LogP contribution in [-0.4, -0.2) is 27.6 Å². The molecule has 0 atom stereocenters. The number of nitrogens with one attached hydrogen (secondary N) is 2. The van der Waals surface area contributed by atoms with Gasteiger partial charge in [-0.3, -0.25) is 4.72 Å². The lowest BCUT2D eigenvalue weighted by Crippen LogP contribution is -2.13. The maximum Gasteiger partial charge on any atom is 0.262 e. The quantitative estimate of drug-likeness (QED) is 0.645. The summed E-state index contributed by atoms with van der Waals surface area (Å²) in [5.41, 5.74) is 1.24. The van der Waals surface area contributed by atoms with Crippen LogP contribution in [0.1, 0.15) is 0 Å². The maximum atomic E-state index is 12.6. The van der Waals surface area contributed by atoms with Crippen LogP contribution in [-0.2, 0) is 10.0 Å². The molecule has 0 fully saturated rings. The highest BCUT2D eigenvalue weighted by molar-refractivity contribution is 7.92. The molecule has 0 aliphatic heterocycles. The number of anilines is 3. The van der Waals surface area contributed by atoms with E-state index in [2.05, 4.69) is 15.0 Å². The van der Waals surface area contributed by atoms with Gasteiger partial charge in [0.25, 0.3) is 10.0 Å². The van der Waals surface area contributed by atoms with Crippen LogP contribution >= 0.6 is 0 Å². The molecule has 3 aromatic rings. The normalized spacial score (nSPS) is 10.9. The van der Waals surface area contributed by atoms with Crippen molar-refractivity contribution in [3.63, 3.8) is 0 Å². The molecular formula is C19H19N3O4S. The van der Waals surface area contributed by atoms with E-state index in [1.54, 1.807) is 18.2 Å². The first kappa shape index (κ1) is 18.5. The fraction of sp³-hybridized carbons (Fsp3) is 0.105. The van der Waals surface area contributed by atoms with Crippen molar-refractivity contribution < 1.29 is 17.9 Å². The summed E-state index contributed by atoms with van der Waals surface area (Å²) in [6.45, 7) is 0. The van der Waals surface area contributed by atoms with E-state index in [0.29, 0.717) is 23.0 Å². The minimum Gasteiger partial charge on any atom is -0.493 e. The number of methoxy groups -OCH3 is 2. The second-order valence-electron chi connectivity index (χ2n) is 5.55. The van der Waals surface area contributed by atoms with Gasteiger partial charge in [0.05, 0.1) is 31.0 Å². The first-order chi connectivity index (χ1) is 13.0. The van der Waals surface area contributed by atoms with E-state index in [1.807, 2.05) is 30.3 Å². The smallest absolute Gasteiger partial charge is 0.262 e. The molecule has 0 amide bonds. The topological polar surface area (TPSA) is 89.6 Å². The Kier molecular flexibility index (Phi) is 5.46. The van der Waals surface area contributed by atoms with E-state index in [1.165, 1.54) is 32.5 Å². The standard InChI is InChI=1S/C19H19N3O4S/c1-25-17-10-9-16(12-18(17)26-2)27(23,24)22-15-8-11-19(20-13-15)21-14-6-4-3-5-7-14/h3-13,22H,1-2H3,(H,20,21). The molecule has 1 heterocycles. The molecule has 0 aliphatic rings. The second kappa shape index (κ2) is 7.96. The number of hydrogen-bond acceptors (Lipinski definition) is 6. The molecule has 140 valence electrons. The molecule has 0 radical (unpaired) electrons. The van der Waals surface area contributed by atoms with Gasteiger partial charge in [0, 0.05) is 11.8 Å². The zero-order valence-electron chi connectivity index (χ0n) is 14.8. The average molecular weight is 385 g/mol. The molecule has 8 heteroatoms. The number of ether oxygens (including phenoxy) is 2. The van der Waals surface area contributed by atoms with Crippen LogP contribution in [0.25, 0.3) is 0 Å². The van der Waals surface area contributed by atoms with Gasteiger partial charge < -0.3 is 14.8 Å². The molecule has 0 saturated heterocycles. The highest BCUT2D eigenvalue weighted by Gasteiger charge is 2.17. The number of nitrogens with zero attached hydrogens (tertiary/aromatic N) is 1. The van der Waals surface area contributed by atoms with Crippen LogP contribution in [0, 0.1) is 0 Å². The van der Waals surface area contributed by atoms with Crippen molar-refractivity contribution in [3.8, 4) is 11.5 Å². The summed E-state index contributed by atoms with van der Waals surface area (Å²) < 4.78 is 38.0. The molecule has 7 nitrogen and oxygen atoms in total. The van der Waals surface area contributed by atoms with Gasteiger partial charge >= 0.3 is 0 Å². The highest BCUT2D eigenvalue weighted by Crippen LogP contribution is 2.30. The summed E-state index contributed by atoms with van der Waals surface area (Å²) in [6.07, 6.45) is 1.45. The summed E-state index contributed by atoms with van der Waals surface area (Å²) in [5, 5.41) is 3.13. The summed E-state index contributed by atoms with van der Waals surface area (Å²) in [4.78, 5) is 4.29. The predicted molar refractivity (Wildman–Crippen MR) is 104 cm³/mol. The number of aromatic nitrogens is 1. The lowest BCUT2D eigenvalue weighted by Gasteiger charge is -2.12. The van der Waals surface area contributed by atoms with E-state index in [-0.39, 0.29) is 4.90 Å². The number of sulfonamides is 1. The van der Waals surface area contributed by atoms with Crippen LogP contribution in [0.4, 0.5) is 17.2 Å². The SMILES string of the molecule is COc1ccc(S(=O)(=O)Nc2ccc(Nc3ccccc3)nc2)cc1OC. The summed E-state index contributed by atoms with van der Waals surface area (Å²) >= 11 is 0. The van der Waals surface area contributed by atoms with E-state index in [0.717, 1.165) is 5.69 Å². The zero-order chi connectivity index (χ0) is 19.3. The fourth-order valence-corrected chi connectivity index (χ4v) is 3.45. The molecule has 2 aromatic carbocycles. The second-order valence-corrected chi connectivity index (χ2v) is 7.23. The number of rotatable bonds is 7. The molecule has 0 unspecified atom stereocenters. The van der Waals surface area contributed by atoms with Gasteiger partial charge in [0.2, 0.25) is 0 Å². The maximum absolute atomic E-state index is 12.6. The number of hydrogen-bond donors (Lipinski definition) is 2. The number of pyridine rings is 1. The minimum atomic E-state index is -3.79. The Morgan fingerprint density at radius 1 is 0.852 bits per heavy atom. The lowest BCUT2D eigenvalue weighted by molar-refractivity contribution is 0.354. The Bertz CT molecular complexity index is 1010. The van der Waals surface area contributed by atoms with Crippen molar-refractivity contribution in [2.45, 2.75) is 4.90 Å². The summed E-state index contributed by atoms with van der Waals surface area (Å²) in [7, 11) is -0.853. The van der Waals surface area contributed by atoms with Gasteiger partial charge in [-0.1, -0.05) is 18.2 Å². The van der Waals surface area contributed by atoms with Crippen LogP contribution in [0.5, 0.6) is 11.5 Å². The number of para-hydroxylation sites is 1. The fourth-order valence-electron chi connectivity index (χ4n) is 2.40. The third-order valence-corrected chi connectivity index (χ3v) is 5.11. The van der Waals surface area contributed by atoms with E-state index < -0.39 is 10.0 Å².